The van der Waals surface area contributed by atoms with Crippen molar-refractivity contribution in [2.75, 3.05) is 92.5 Å². The number of hydrogen-bond acceptors (Lipinski definition) is 9. The molecular weight excluding hydrogens is 444 g/mol. The van der Waals surface area contributed by atoms with E-state index in [1.165, 1.54) is 0 Å². The molecule has 0 aliphatic rings. The summed E-state index contributed by atoms with van der Waals surface area (Å²) in [5.74, 6) is -0.106. The largest absolute Gasteiger partial charge is 0.463 e. The summed E-state index contributed by atoms with van der Waals surface area (Å²) in [6, 6.07) is 0. The molecule has 9 nitrogen and oxygen atoms in total. The Hall–Kier alpha value is -0.810. The molecule has 0 aromatic rings. The van der Waals surface area contributed by atoms with Crippen molar-refractivity contribution >= 4 is 5.97 Å². The van der Waals surface area contributed by atoms with Crippen LogP contribution in [0, 0.1) is 5.92 Å². The SMILES string of the molecule is CCCCC(CC)C(=O)OCCOCCOCCOCCOCCOCCOCCOC(C)C. The fraction of sp³-hybridized carbons (Fsp3) is 0.960. The molecule has 0 aromatic heterocycles. The van der Waals surface area contributed by atoms with Gasteiger partial charge in [0.25, 0.3) is 0 Å². The summed E-state index contributed by atoms with van der Waals surface area (Å²) in [6.07, 6.45) is 4.10. The van der Waals surface area contributed by atoms with Gasteiger partial charge < -0.3 is 37.9 Å². The maximum atomic E-state index is 12.0. The third kappa shape index (κ3) is 24.3. The van der Waals surface area contributed by atoms with Crippen LogP contribution in [0.4, 0.5) is 0 Å². The van der Waals surface area contributed by atoms with Gasteiger partial charge in [0.1, 0.15) is 6.61 Å². The standard InChI is InChI=1S/C25H50O9/c1-5-7-8-24(6-2)25(26)34-22-20-32-18-16-30-14-12-28-10-9-27-11-13-29-15-17-31-19-21-33-23(3)4/h23-24H,5-22H2,1-4H3. The highest BCUT2D eigenvalue weighted by atomic mass is 16.6. The number of rotatable bonds is 27. The molecule has 0 fully saturated rings. The first-order chi connectivity index (χ1) is 16.6. The molecule has 0 bridgehead atoms. The summed E-state index contributed by atoms with van der Waals surface area (Å²) in [7, 11) is 0. The van der Waals surface area contributed by atoms with Gasteiger partial charge in [-0.25, -0.2) is 0 Å². The number of carbonyl (C=O) groups is 1. The quantitative estimate of drug-likeness (QED) is 0.126. The van der Waals surface area contributed by atoms with Crippen LogP contribution in [0.1, 0.15) is 53.4 Å². The van der Waals surface area contributed by atoms with Crippen molar-refractivity contribution in [3.05, 3.63) is 0 Å². The van der Waals surface area contributed by atoms with E-state index in [1.807, 2.05) is 20.8 Å². The van der Waals surface area contributed by atoms with Gasteiger partial charge in [0.2, 0.25) is 0 Å². The van der Waals surface area contributed by atoms with E-state index in [0.29, 0.717) is 85.9 Å². The van der Waals surface area contributed by atoms with Crippen LogP contribution >= 0.6 is 0 Å². The molecule has 0 aliphatic heterocycles. The Balaban J connectivity index is 3.20. The fourth-order valence-corrected chi connectivity index (χ4v) is 2.80. The van der Waals surface area contributed by atoms with E-state index in [1.54, 1.807) is 0 Å². The third-order valence-corrected chi connectivity index (χ3v) is 4.74. The molecular formula is C25H50O9. The molecule has 0 rings (SSSR count). The first-order valence-corrected chi connectivity index (χ1v) is 12.9. The van der Waals surface area contributed by atoms with Gasteiger partial charge in [-0.1, -0.05) is 26.7 Å². The zero-order valence-electron chi connectivity index (χ0n) is 22.1. The second kappa shape index (κ2) is 26.8. The maximum absolute atomic E-state index is 12.0. The summed E-state index contributed by atoms with van der Waals surface area (Å²) in [6.45, 7) is 15.2. The first-order valence-electron chi connectivity index (χ1n) is 12.9. The van der Waals surface area contributed by atoms with Crippen LogP contribution in [-0.2, 0) is 42.7 Å². The zero-order valence-corrected chi connectivity index (χ0v) is 22.1. The molecule has 0 heterocycles. The zero-order chi connectivity index (χ0) is 25.1. The molecule has 0 radical (unpaired) electrons. The average Bonchev–Trinajstić information content (AvgIpc) is 2.82. The van der Waals surface area contributed by atoms with Crippen LogP contribution < -0.4 is 0 Å². The van der Waals surface area contributed by atoms with Gasteiger partial charge in [-0.05, 0) is 26.7 Å². The van der Waals surface area contributed by atoms with E-state index in [4.69, 9.17) is 37.9 Å². The van der Waals surface area contributed by atoms with E-state index in [9.17, 15) is 4.79 Å². The van der Waals surface area contributed by atoms with Crippen molar-refractivity contribution in [1.29, 1.82) is 0 Å². The highest BCUT2D eigenvalue weighted by molar-refractivity contribution is 5.72. The average molecular weight is 495 g/mol. The van der Waals surface area contributed by atoms with Crippen molar-refractivity contribution in [3.8, 4) is 0 Å². The lowest BCUT2D eigenvalue weighted by Gasteiger charge is -2.13. The predicted molar refractivity (Wildman–Crippen MR) is 130 cm³/mol. The van der Waals surface area contributed by atoms with Crippen molar-refractivity contribution < 1.29 is 42.7 Å². The Morgan fingerprint density at radius 1 is 0.588 bits per heavy atom. The minimum absolute atomic E-state index is 0.00694. The molecule has 1 atom stereocenters. The monoisotopic (exact) mass is 494 g/mol. The highest BCUT2D eigenvalue weighted by Gasteiger charge is 2.16. The highest BCUT2D eigenvalue weighted by Crippen LogP contribution is 2.14. The third-order valence-electron chi connectivity index (χ3n) is 4.74. The van der Waals surface area contributed by atoms with Crippen molar-refractivity contribution in [3.63, 3.8) is 0 Å². The lowest BCUT2D eigenvalue weighted by Crippen LogP contribution is -2.20. The molecule has 0 aromatic carbocycles. The van der Waals surface area contributed by atoms with Gasteiger partial charge in [-0.2, -0.15) is 0 Å². The van der Waals surface area contributed by atoms with Crippen molar-refractivity contribution in [1.82, 2.24) is 0 Å². The summed E-state index contributed by atoms with van der Waals surface area (Å²) in [5, 5.41) is 0. The minimum atomic E-state index is -0.113. The molecule has 0 spiro atoms. The van der Waals surface area contributed by atoms with Crippen LogP contribution in [-0.4, -0.2) is 105 Å². The summed E-state index contributed by atoms with van der Waals surface area (Å²) >= 11 is 0. The van der Waals surface area contributed by atoms with E-state index in [-0.39, 0.29) is 24.6 Å². The molecule has 0 saturated heterocycles. The number of carbonyl (C=O) groups excluding carboxylic acids is 1. The lowest BCUT2D eigenvalue weighted by molar-refractivity contribution is -0.150. The minimum Gasteiger partial charge on any atom is -0.463 e. The summed E-state index contributed by atoms with van der Waals surface area (Å²) in [5.41, 5.74) is 0. The van der Waals surface area contributed by atoms with Crippen molar-refractivity contribution in [2.45, 2.75) is 59.5 Å². The number of unbranched alkanes of at least 4 members (excludes halogenated alkanes) is 1. The molecule has 34 heavy (non-hydrogen) atoms. The van der Waals surface area contributed by atoms with Gasteiger partial charge >= 0.3 is 5.97 Å². The predicted octanol–water partition coefficient (Wildman–Crippen LogP) is 3.27. The van der Waals surface area contributed by atoms with Gasteiger partial charge in [0.05, 0.1) is 97.9 Å². The van der Waals surface area contributed by atoms with Gasteiger partial charge in [0, 0.05) is 0 Å². The lowest BCUT2D eigenvalue weighted by atomic mass is 10.00. The Morgan fingerprint density at radius 2 is 0.971 bits per heavy atom. The van der Waals surface area contributed by atoms with Gasteiger partial charge in [-0.15, -0.1) is 0 Å². The molecule has 0 aliphatic carbocycles. The Kier molecular flexibility index (Phi) is 26.2. The van der Waals surface area contributed by atoms with Crippen LogP contribution in [0.3, 0.4) is 0 Å². The van der Waals surface area contributed by atoms with Crippen LogP contribution in [0.25, 0.3) is 0 Å². The molecule has 0 amide bonds. The summed E-state index contributed by atoms with van der Waals surface area (Å²) in [4.78, 5) is 12.0. The molecule has 9 heteroatoms. The normalized spacial score (nSPS) is 12.4. The second-order valence-corrected chi connectivity index (χ2v) is 8.01. The second-order valence-electron chi connectivity index (χ2n) is 8.01. The van der Waals surface area contributed by atoms with E-state index in [2.05, 4.69) is 6.92 Å². The van der Waals surface area contributed by atoms with Crippen LogP contribution in [0.15, 0.2) is 0 Å². The van der Waals surface area contributed by atoms with Gasteiger partial charge in [0.15, 0.2) is 0 Å². The van der Waals surface area contributed by atoms with Crippen LogP contribution in [0.2, 0.25) is 0 Å². The van der Waals surface area contributed by atoms with E-state index < -0.39 is 0 Å². The topological polar surface area (TPSA) is 90.9 Å². The van der Waals surface area contributed by atoms with E-state index >= 15 is 0 Å². The maximum Gasteiger partial charge on any atom is 0.308 e. The smallest absolute Gasteiger partial charge is 0.308 e. The Morgan fingerprint density at radius 3 is 1.32 bits per heavy atom. The molecule has 0 N–H and O–H groups in total. The molecule has 204 valence electrons. The number of ether oxygens (including phenoxy) is 8. The number of esters is 1. The summed E-state index contributed by atoms with van der Waals surface area (Å²) < 4.78 is 43.2. The van der Waals surface area contributed by atoms with Gasteiger partial charge in [-0.3, -0.25) is 4.79 Å². The molecule has 1 unspecified atom stereocenters. The fourth-order valence-electron chi connectivity index (χ4n) is 2.80. The Labute approximate surface area is 207 Å². The number of hydrogen-bond donors (Lipinski definition) is 0. The first kappa shape index (κ1) is 33.2. The molecule has 0 saturated carbocycles. The van der Waals surface area contributed by atoms with Crippen LogP contribution in [0.5, 0.6) is 0 Å². The Bertz CT molecular complexity index is 421. The van der Waals surface area contributed by atoms with E-state index in [0.717, 1.165) is 25.7 Å². The van der Waals surface area contributed by atoms with Crippen molar-refractivity contribution in [2.24, 2.45) is 5.92 Å².